The molecule has 1 aromatic carbocycles. The van der Waals surface area contributed by atoms with Gasteiger partial charge in [0.1, 0.15) is 5.82 Å². The zero-order valence-electron chi connectivity index (χ0n) is 15.2. The summed E-state index contributed by atoms with van der Waals surface area (Å²) in [6.45, 7) is 7.30. The summed E-state index contributed by atoms with van der Waals surface area (Å²) in [5.74, 6) is 1.61. The highest BCUT2D eigenvalue weighted by molar-refractivity contribution is 5.94. The van der Waals surface area contributed by atoms with Crippen molar-refractivity contribution in [2.24, 2.45) is 0 Å². The van der Waals surface area contributed by atoms with Crippen molar-refractivity contribution in [2.45, 2.75) is 19.8 Å². The van der Waals surface area contributed by atoms with Gasteiger partial charge in [-0.1, -0.05) is 26.0 Å². The quantitative estimate of drug-likeness (QED) is 0.730. The van der Waals surface area contributed by atoms with Gasteiger partial charge < -0.3 is 9.80 Å². The van der Waals surface area contributed by atoms with Crippen molar-refractivity contribution in [2.75, 3.05) is 31.1 Å². The van der Waals surface area contributed by atoms with Gasteiger partial charge in [-0.3, -0.25) is 4.79 Å². The van der Waals surface area contributed by atoms with Crippen molar-refractivity contribution in [3.8, 4) is 0 Å². The van der Waals surface area contributed by atoms with E-state index in [2.05, 4.69) is 41.0 Å². The summed E-state index contributed by atoms with van der Waals surface area (Å²) in [5.41, 5.74) is 2.86. The van der Waals surface area contributed by atoms with Crippen molar-refractivity contribution in [1.82, 2.24) is 19.5 Å². The number of fused-ring (bicyclic) bond motifs is 1. The van der Waals surface area contributed by atoms with Crippen LogP contribution in [0, 0.1) is 0 Å². The summed E-state index contributed by atoms with van der Waals surface area (Å²) >= 11 is 0. The number of hydrogen-bond acceptors (Lipinski definition) is 4. The Kier molecular flexibility index (Phi) is 4.32. The molecular formula is C20H23N5O. The number of amides is 1. The van der Waals surface area contributed by atoms with Crippen LogP contribution >= 0.6 is 0 Å². The van der Waals surface area contributed by atoms with Crippen LogP contribution in [0.2, 0.25) is 0 Å². The predicted molar refractivity (Wildman–Crippen MR) is 102 cm³/mol. The minimum Gasteiger partial charge on any atom is -0.353 e. The fraction of sp³-hybridized carbons (Fsp3) is 0.350. The smallest absolute Gasteiger partial charge is 0.253 e. The Morgan fingerprint density at radius 2 is 1.69 bits per heavy atom. The molecule has 6 heteroatoms. The monoisotopic (exact) mass is 349 g/mol. The first-order chi connectivity index (χ1) is 12.6. The van der Waals surface area contributed by atoms with E-state index >= 15 is 0 Å². The van der Waals surface area contributed by atoms with Crippen molar-refractivity contribution >= 4 is 17.4 Å². The van der Waals surface area contributed by atoms with E-state index in [1.165, 1.54) is 5.56 Å². The summed E-state index contributed by atoms with van der Waals surface area (Å²) in [4.78, 5) is 21.3. The fourth-order valence-corrected chi connectivity index (χ4v) is 3.39. The molecule has 0 aliphatic carbocycles. The third-order valence-electron chi connectivity index (χ3n) is 4.99. The first-order valence-electron chi connectivity index (χ1n) is 9.06. The molecule has 1 amide bonds. The van der Waals surface area contributed by atoms with Gasteiger partial charge in [-0.15, -0.1) is 0 Å². The molecule has 1 aliphatic heterocycles. The van der Waals surface area contributed by atoms with Crippen LogP contribution in [0.25, 0.3) is 5.65 Å². The van der Waals surface area contributed by atoms with Gasteiger partial charge in [-0.25, -0.2) is 4.98 Å². The SMILES string of the molecule is CC(C)c1ccc(C(=O)N2CCN(c3ccnc4ccnn34)CC2)cc1. The Morgan fingerprint density at radius 1 is 0.962 bits per heavy atom. The highest BCUT2D eigenvalue weighted by Crippen LogP contribution is 2.19. The zero-order valence-corrected chi connectivity index (χ0v) is 15.2. The molecule has 0 spiro atoms. The Morgan fingerprint density at radius 3 is 2.38 bits per heavy atom. The predicted octanol–water partition coefficient (Wildman–Crippen LogP) is 2.82. The van der Waals surface area contributed by atoms with Gasteiger partial charge in [-0.05, 0) is 29.7 Å². The van der Waals surface area contributed by atoms with Crippen LogP contribution in [0.3, 0.4) is 0 Å². The number of hydrogen-bond donors (Lipinski definition) is 0. The lowest BCUT2D eigenvalue weighted by atomic mass is 10.0. The molecule has 134 valence electrons. The number of benzene rings is 1. The topological polar surface area (TPSA) is 53.7 Å². The van der Waals surface area contributed by atoms with E-state index in [4.69, 9.17) is 0 Å². The Hall–Kier alpha value is -2.89. The van der Waals surface area contributed by atoms with Crippen LogP contribution in [0.4, 0.5) is 5.82 Å². The normalized spacial score (nSPS) is 15.0. The molecular weight excluding hydrogens is 326 g/mol. The van der Waals surface area contributed by atoms with Crippen LogP contribution in [-0.4, -0.2) is 51.6 Å². The van der Waals surface area contributed by atoms with E-state index < -0.39 is 0 Å². The largest absolute Gasteiger partial charge is 0.353 e. The second-order valence-corrected chi connectivity index (χ2v) is 6.96. The van der Waals surface area contributed by atoms with Gasteiger partial charge in [-0.2, -0.15) is 9.61 Å². The molecule has 4 rings (SSSR count). The van der Waals surface area contributed by atoms with Crippen LogP contribution < -0.4 is 4.90 Å². The lowest BCUT2D eigenvalue weighted by Gasteiger charge is -2.36. The van der Waals surface area contributed by atoms with Gasteiger partial charge in [0.25, 0.3) is 5.91 Å². The molecule has 26 heavy (non-hydrogen) atoms. The highest BCUT2D eigenvalue weighted by Gasteiger charge is 2.23. The van der Waals surface area contributed by atoms with Crippen LogP contribution in [0.15, 0.2) is 48.8 Å². The molecule has 1 saturated heterocycles. The fourth-order valence-electron chi connectivity index (χ4n) is 3.39. The molecule has 0 bridgehead atoms. The van der Waals surface area contributed by atoms with Crippen molar-refractivity contribution in [3.63, 3.8) is 0 Å². The molecule has 2 aromatic heterocycles. The van der Waals surface area contributed by atoms with E-state index in [0.29, 0.717) is 19.0 Å². The first-order valence-corrected chi connectivity index (χ1v) is 9.06. The van der Waals surface area contributed by atoms with Gasteiger partial charge in [0.2, 0.25) is 0 Å². The van der Waals surface area contributed by atoms with Crippen molar-refractivity contribution in [1.29, 1.82) is 0 Å². The molecule has 0 saturated carbocycles. The third-order valence-corrected chi connectivity index (χ3v) is 4.99. The average molecular weight is 349 g/mol. The lowest BCUT2D eigenvalue weighted by molar-refractivity contribution is 0.0746. The van der Waals surface area contributed by atoms with E-state index in [1.54, 1.807) is 12.4 Å². The molecule has 0 atom stereocenters. The third kappa shape index (κ3) is 3.03. The number of piperazine rings is 1. The van der Waals surface area contributed by atoms with Crippen LogP contribution in [0.1, 0.15) is 35.7 Å². The first kappa shape index (κ1) is 16.6. The van der Waals surface area contributed by atoms with E-state index in [9.17, 15) is 4.79 Å². The highest BCUT2D eigenvalue weighted by atomic mass is 16.2. The summed E-state index contributed by atoms with van der Waals surface area (Å²) in [7, 11) is 0. The summed E-state index contributed by atoms with van der Waals surface area (Å²) in [5, 5.41) is 4.35. The molecule has 3 aromatic rings. The molecule has 1 aliphatic rings. The van der Waals surface area contributed by atoms with Crippen LogP contribution in [-0.2, 0) is 0 Å². The summed E-state index contributed by atoms with van der Waals surface area (Å²) < 4.78 is 1.85. The van der Waals surface area contributed by atoms with Crippen molar-refractivity contribution < 1.29 is 4.79 Å². The molecule has 0 unspecified atom stereocenters. The number of rotatable bonds is 3. The zero-order chi connectivity index (χ0) is 18.1. The molecule has 6 nitrogen and oxygen atoms in total. The molecule has 0 radical (unpaired) electrons. The number of aromatic nitrogens is 3. The Balaban J connectivity index is 1.44. The number of anilines is 1. The maximum Gasteiger partial charge on any atom is 0.253 e. The minimum atomic E-state index is 0.110. The van der Waals surface area contributed by atoms with E-state index in [1.807, 2.05) is 33.7 Å². The van der Waals surface area contributed by atoms with Gasteiger partial charge in [0.15, 0.2) is 5.65 Å². The second kappa shape index (κ2) is 6.78. The van der Waals surface area contributed by atoms with Gasteiger partial charge in [0.05, 0.1) is 6.20 Å². The Labute approximate surface area is 153 Å². The molecule has 3 heterocycles. The van der Waals surface area contributed by atoms with Crippen molar-refractivity contribution in [3.05, 3.63) is 59.9 Å². The van der Waals surface area contributed by atoms with E-state index in [-0.39, 0.29) is 5.91 Å². The Bertz CT molecular complexity index is 907. The molecule has 0 N–H and O–H groups in total. The van der Waals surface area contributed by atoms with Gasteiger partial charge >= 0.3 is 0 Å². The summed E-state index contributed by atoms with van der Waals surface area (Å²) in [6.07, 6.45) is 3.56. The maximum absolute atomic E-state index is 12.8. The van der Waals surface area contributed by atoms with Gasteiger partial charge in [0, 0.05) is 44.0 Å². The summed E-state index contributed by atoms with van der Waals surface area (Å²) in [6, 6.07) is 11.9. The molecule has 1 fully saturated rings. The minimum absolute atomic E-state index is 0.110. The number of nitrogens with zero attached hydrogens (tertiary/aromatic N) is 5. The van der Waals surface area contributed by atoms with E-state index in [0.717, 1.165) is 30.1 Å². The average Bonchev–Trinajstić information content (AvgIpc) is 3.16. The number of carbonyl (C=O) groups excluding carboxylic acids is 1. The second-order valence-electron chi connectivity index (χ2n) is 6.96. The lowest BCUT2D eigenvalue weighted by Crippen LogP contribution is -2.49. The standard InChI is InChI=1S/C20H23N5O/c1-15(2)16-3-5-17(6-4-16)20(26)24-13-11-23(12-14-24)19-8-9-21-18-7-10-22-25(18)19/h3-10,15H,11-14H2,1-2H3. The number of carbonyl (C=O) groups is 1. The van der Waals surface area contributed by atoms with Crippen LogP contribution in [0.5, 0.6) is 0 Å². The maximum atomic E-state index is 12.8.